The van der Waals surface area contributed by atoms with Crippen molar-refractivity contribution in [2.24, 2.45) is 0 Å². The Bertz CT molecular complexity index is 777. The number of hydrogen-bond donors (Lipinski definition) is 1. The summed E-state index contributed by atoms with van der Waals surface area (Å²) in [7, 11) is 0. The molecule has 0 saturated carbocycles. The predicted octanol–water partition coefficient (Wildman–Crippen LogP) is 4.59. The summed E-state index contributed by atoms with van der Waals surface area (Å²) >= 11 is 0. The quantitative estimate of drug-likeness (QED) is 0.644. The molecule has 0 aliphatic heterocycles. The molecule has 3 aromatic carbocycles. The number of benzene rings is 3. The minimum atomic E-state index is -4.67. The van der Waals surface area contributed by atoms with E-state index >= 15 is 0 Å². The number of alkyl halides is 3. The van der Waals surface area contributed by atoms with E-state index in [0.29, 0.717) is 10.8 Å². The van der Waals surface area contributed by atoms with Crippen LogP contribution in [0.25, 0.3) is 21.5 Å². The molecule has 1 atom stereocenters. The van der Waals surface area contributed by atoms with Crippen LogP contribution in [0.3, 0.4) is 0 Å². The normalized spacial score (nSPS) is 13.8. The van der Waals surface area contributed by atoms with Crippen LogP contribution < -0.4 is 0 Å². The molecular formula is C16H11F3O. The van der Waals surface area contributed by atoms with Gasteiger partial charge in [0.1, 0.15) is 0 Å². The molecule has 0 bridgehead atoms. The van der Waals surface area contributed by atoms with E-state index in [1.165, 1.54) is 6.07 Å². The van der Waals surface area contributed by atoms with Crippen LogP contribution >= 0.6 is 0 Å². The Labute approximate surface area is 113 Å². The average Bonchev–Trinajstić information content (AvgIpc) is 2.44. The molecule has 0 unspecified atom stereocenters. The van der Waals surface area contributed by atoms with Gasteiger partial charge < -0.3 is 5.11 Å². The molecule has 0 heterocycles. The molecule has 0 fully saturated rings. The summed E-state index contributed by atoms with van der Waals surface area (Å²) in [6.07, 6.45) is -7.13. The van der Waals surface area contributed by atoms with Crippen molar-refractivity contribution in [3.8, 4) is 0 Å². The molecule has 0 saturated heterocycles. The molecule has 4 heteroatoms. The Morgan fingerprint density at radius 3 is 2.20 bits per heavy atom. The first kappa shape index (κ1) is 12.9. The summed E-state index contributed by atoms with van der Waals surface area (Å²) in [5.74, 6) is 0. The predicted molar refractivity (Wildman–Crippen MR) is 72.5 cm³/mol. The Morgan fingerprint density at radius 2 is 1.45 bits per heavy atom. The van der Waals surface area contributed by atoms with Crippen molar-refractivity contribution < 1.29 is 18.3 Å². The van der Waals surface area contributed by atoms with E-state index in [0.717, 1.165) is 10.8 Å². The summed E-state index contributed by atoms with van der Waals surface area (Å²) < 4.78 is 38.2. The van der Waals surface area contributed by atoms with Crippen molar-refractivity contribution in [3.05, 3.63) is 60.2 Å². The number of aliphatic hydroxyl groups is 1. The summed E-state index contributed by atoms with van der Waals surface area (Å²) in [4.78, 5) is 0. The van der Waals surface area contributed by atoms with Crippen LogP contribution in [0, 0.1) is 0 Å². The summed E-state index contributed by atoms with van der Waals surface area (Å²) in [6, 6.07) is 15.5. The zero-order valence-electron chi connectivity index (χ0n) is 10.4. The van der Waals surface area contributed by atoms with Gasteiger partial charge in [0, 0.05) is 0 Å². The first-order chi connectivity index (χ1) is 9.48. The van der Waals surface area contributed by atoms with Crippen molar-refractivity contribution in [3.63, 3.8) is 0 Å². The van der Waals surface area contributed by atoms with Gasteiger partial charge in [0.15, 0.2) is 6.10 Å². The Hall–Kier alpha value is -2.07. The second-order valence-corrected chi connectivity index (χ2v) is 4.67. The lowest BCUT2D eigenvalue weighted by Crippen LogP contribution is -2.20. The lowest BCUT2D eigenvalue weighted by atomic mass is 9.96. The molecule has 0 aliphatic rings. The van der Waals surface area contributed by atoms with Crippen molar-refractivity contribution in [1.82, 2.24) is 0 Å². The second kappa shape index (κ2) is 4.49. The number of fused-ring (bicyclic) bond motifs is 3. The average molecular weight is 276 g/mol. The molecule has 0 amide bonds. The first-order valence-corrected chi connectivity index (χ1v) is 6.13. The van der Waals surface area contributed by atoms with Crippen molar-refractivity contribution >= 4 is 21.5 Å². The van der Waals surface area contributed by atoms with Crippen LogP contribution in [0.15, 0.2) is 54.6 Å². The molecule has 0 aromatic heterocycles. The molecule has 3 rings (SSSR count). The van der Waals surface area contributed by atoms with E-state index in [2.05, 4.69) is 0 Å². The maximum atomic E-state index is 12.7. The molecule has 102 valence electrons. The lowest BCUT2D eigenvalue weighted by Gasteiger charge is -2.17. The number of halogens is 3. The van der Waals surface area contributed by atoms with E-state index in [-0.39, 0.29) is 5.56 Å². The smallest absolute Gasteiger partial charge is 0.379 e. The van der Waals surface area contributed by atoms with Crippen LogP contribution in [0.4, 0.5) is 13.2 Å². The van der Waals surface area contributed by atoms with Gasteiger partial charge in [-0.2, -0.15) is 13.2 Å². The second-order valence-electron chi connectivity index (χ2n) is 4.67. The highest BCUT2D eigenvalue weighted by Gasteiger charge is 2.40. The minimum absolute atomic E-state index is 0.110. The number of rotatable bonds is 1. The van der Waals surface area contributed by atoms with E-state index < -0.39 is 12.3 Å². The monoisotopic (exact) mass is 276 g/mol. The zero-order chi connectivity index (χ0) is 14.3. The van der Waals surface area contributed by atoms with Gasteiger partial charge in [-0.1, -0.05) is 54.6 Å². The van der Waals surface area contributed by atoms with E-state index in [4.69, 9.17) is 0 Å². The molecule has 1 N–H and O–H groups in total. The fourth-order valence-electron chi connectivity index (χ4n) is 2.48. The lowest BCUT2D eigenvalue weighted by molar-refractivity contribution is -0.206. The minimum Gasteiger partial charge on any atom is -0.379 e. The highest BCUT2D eigenvalue weighted by molar-refractivity contribution is 6.08. The zero-order valence-corrected chi connectivity index (χ0v) is 10.4. The first-order valence-electron chi connectivity index (χ1n) is 6.13. The molecule has 3 aromatic rings. The van der Waals surface area contributed by atoms with Gasteiger partial charge in [-0.25, -0.2) is 0 Å². The maximum Gasteiger partial charge on any atom is 0.418 e. The number of hydrogen-bond acceptors (Lipinski definition) is 1. The Balaban J connectivity index is 2.33. The van der Waals surface area contributed by atoms with E-state index in [1.807, 2.05) is 24.3 Å². The third-order valence-corrected chi connectivity index (χ3v) is 3.43. The molecule has 0 radical (unpaired) electrons. The summed E-state index contributed by atoms with van der Waals surface area (Å²) in [5, 5.41) is 12.5. The third kappa shape index (κ3) is 2.02. The molecule has 0 aliphatic carbocycles. The van der Waals surface area contributed by atoms with Crippen LogP contribution in [0.2, 0.25) is 0 Å². The topological polar surface area (TPSA) is 20.2 Å². The largest absolute Gasteiger partial charge is 0.418 e. The van der Waals surface area contributed by atoms with E-state index in [9.17, 15) is 18.3 Å². The van der Waals surface area contributed by atoms with Crippen LogP contribution in [-0.4, -0.2) is 11.3 Å². The summed E-state index contributed by atoms with van der Waals surface area (Å²) in [6.45, 7) is 0. The van der Waals surface area contributed by atoms with Crippen molar-refractivity contribution in [2.75, 3.05) is 0 Å². The maximum absolute atomic E-state index is 12.7. The summed E-state index contributed by atoms with van der Waals surface area (Å²) in [5.41, 5.74) is -0.110. The third-order valence-electron chi connectivity index (χ3n) is 3.43. The molecule has 20 heavy (non-hydrogen) atoms. The molecular weight excluding hydrogens is 265 g/mol. The van der Waals surface area contributed by atoms with Crippen LogP contribution in [0.5, 0.6) is 0 Å². The van der Waals surface area contributed by atoms with E-state index in [1.54, 1.807) is 24.3 Å². The van der Waals surface area contributed by atoms with Gasteiger partial charge in [-0.15, -0.1) is 0 Å². The standard InChI is InChI=1S/C16H11F3O/c17-16(18,19)15(20)14-7-3-6-12-11-5-2-1-4-10(11)8-9-13(12)14/h1-9,15,20H/t15-/m0/s1. The van der Waals surface area contributed by atoms with Gasteiger partial charge in [0.05, 0.1) is 0 Å². The highest BCUT2D eigenvalue weighted by Crippen LogP contribution is 2.37. The van der Waals surface area contributed by atoms with Crippen LogP contribution in [-0.2, 0) is 0 Å². The van der Waals surface area contributed by atoms with Crippen molar-refractivity contribution in [2.45, 2.75) is 12.3 Å². The van der Waals surface area contributed by atoms with Gasteiger partial charge in [0.25, 0.3) is 0 Å². The molecule has 0 spiro atoms. The fourth-order valence-corrected chi connectivity index (χ4v) is 2.48. The SMILES string of the molecule is O[C@@H](c1cccc2c1ccc1ccccc12)C(F)(F)F. The van der Waals surface area contributed by atoms with Gasteiger partial charge in [-0.05, 0) is 27.1 Å². The number of aliphatic hydroxyl groups excluding tert-OH is 1. The highest BCUT2D eigenvalue weighted by atomic mass is 19.4. The van der Waals surface area contributed by atoms with Gasteiger partial charge in [-0.3, -0.25) is 0 Å². The van der Waals surface area contributed by atoms with Gasteiger partial charge >= 0.3 is 6.18 Å². The van der Waals surface area contributed by atoms with Crippen molar-refractivity contribution in [1.29, 1.82) is 0 Å². The van der Waals surface area contributed by atoms with Crippen LogP contribution in [0.1, 0.15) is 11.7 Å². The fraction of sp³-hybridized carbons (Fsp3) is 0.125. The Morgan fingerprint density at radius 1 is 0.750 bits per heavy atom. The molecule has 1 nitrogen and oxygen atoms in total. The Kier molecular flexibility index (Phi) is 2.91. The van der Waals surface area contributed by atoms with Gasteiger partial charge in [0.2, 0.25) is 0 Å².